The van der Waals surface area contributed by atoms with Gasteiger partial charge in [-0.3, -0.25) is 0 Å². The highest BCUT2D eigenvalue weighted by Crippen LogP contribution is 2.36. The fourth-order valence-corrected chi connectivity index (χ4v) is 2.14. The van der Waals surface area contributed by atoms with Crippen molar-refractivity contribution < 1.29 is 22.7 Å². The number of hydrogen-bond donors (Lipinski definition) is 2. The zero-order chi connectivity index (χ0) is 17.7. The number of nitrogens with one attached hydrogen (secondary N) is 2. The lowest BCUT2D eigenvalue weighted by Gasteiger charge is -2.12. The first-order valence-electron chi connectivity index (χ1n) is 6.97. The van der Waals surface area contributed by atoms with Crippen LogP contribution in [0.15, 0.2) is 42.5 Å². The van der Waals surface area contributed by atoms with Crippen molar-refractivity contribution in [1.82, 2.24) is 0 Å². The highest BCUT2D eigenvalue weighted by Gasteiger charge is 2.33. The molecule has 2 aromatic rings. The van der Waals surface area contributed by atoms with Gasteiger partial charge in [0.2, 0.25) is 0 Å². The van der Waals surface area contributed by atoms with Gasteiger partial charge in [0.25, 0.3) is 0 Å². The molecular weight excluding hydrogens is 345 g/mol. The van der Waals surface area contributed by atoms with E-state index in [4.69, 9.17) is 16.3 Å². The Balaban J connectivity index is 2.04. The van der Waals surface area contributed by atoms with E-state index >= 15 is 0 Å². The molecule has 0 aliphatic heterocycles. The number of halogens is 4. The average Bonchev–Trinajstić information content (AvgIpc) is 2.50. The molecule has 2 N–H and O–H groups in total. The van der Waals surface area contributed by atoms with E-state index < -0.39 is 22.8 Å². The maximum atomic E-state index is 12.8. The van der Waals surface area contributed by atoms with Crippen LogP contribution in [0.2, 0.25) is 5.02 Å². The Morgan fingerprint density at radius 3 is 2.25 bits per heavy atom. The smallest absolute Gasteiger partial charge is 0.417 e. The maximum absolute atomic E-state index is 12.8. The molecule has 0 aliphatic carbocycles. The van der Waals surface area contributed by atoms with Crippen LogP contribution < -0.4 is 15.4 Å². The van der Waals surface area contributed by atoms with Crippen molar-refractivity contribution in [2.24, 2.45) is 0 Å². The van der Waals surface area contributed by atoms with Gasteiger partial charge in [-0.1, -0.05) is 11.6 Å². The van der Waals surface area contributed by atoms with Crippen LogP contribution in [-0.4, -0.2) is 12.6 Å². The molecule has 0 atom stereocenters. The summed E-state index contributed by atoms with van der Waals surface area (Å²) in [5.74, 6) is 0.649. The second kappa shape index (κ2) is 7.44. The third kappa shape index (κ3) is 4.79. The lowest BCUT2D eigenvalue weighted by atomic mass is 10.2. The summed E-state index contributed by atoms with van der Waals surface area (Å²) < 4.78 is 43.6. The molecule has 0 saturated heterocycles. The number of urea groups is 1. The van der Waals surface area contributed by atoms with E-state index in [9.17, 15) is 18.0 Å². The number of amides is 2. The molecule has 8 heteroatoms. The molecule has 0 fully saturated rings. The van der Waals surface area contributed by atoms with Gasteiger partial charge in [0.05, 0.1) is 17.2 Å². The zero-order valence-electron chi connectivity index (χ0n) is 12.6. The fourth-order valence-electron chi connectivity index (χ4n) is 1.91. The zero-order valence-corrected chi connectivity index (χ0v) is 13.3. The number of ether oxygens (including phenoxy) is 1. The molecule has 0 saturated carbocycles. The molecule has 0 bridgehead atoms. The largest absolute Gasteiger partial charge is 0.494 e. The maximum Gasteiger partial charge on any atom is 0.417 e. The Morgan fingerprint density at radius 2 is 1.67 bits per heavy atom. The molecule has 0 aliphatic rings. The fraction of sp³-hybridized carbons (Fsp3) is 0.188. The van der Waals surface area contributed by atoms with E-state index in [1.165, 1.54) is 6.07 Å². The quantitative estimate of drug-likeness (QED) is 0.768. The van der Waals surface area contributed by atoms with Crippen LogP contribution in [0.25, 0.3) is 0 Å². The van der Waals surface area contributed by atoms with Crippen molar-refractivity contribution in [2.45, 2.75) is 13.1 Å². The summed E-state index contributed by atoms with van der Waals surface area (Å²) in [5.41, 5.74) is -0.556. The number of benzene rings is 2. The topological polar surface area (TPSA) is 50.4 Å². The van der Waals surface area contributed by atoms with E-state index in [-0.39, 0.29) is 5.69 Å². The summed E-state index contributed by atoms with van der Waals surface area (Å²) in [7, 11) is 0. The minimum Gasteiger partial charge on any atom is -0.494 e. The molecule has 0 unspecified atom stereocenters. The van der Waals surface area contributed by atoms with E-state index in [0.717, 1.165) is 12.1 Å². The van der Waals surface area contributed by atoms with Crippen LogP contribution in [-0.2, 0) is 6.18 Å². The van der Waals surface area contributed by atoms with E-state index in [1.54, 1.807) is 24.3 Å². The van der Waals surface area contributed by atoms with Crippen LogP contribution in [0.4, 0.5) is 29.3 Å². The lowest BCUT2D eigenvalue weighted by Crippen LogP contribution is -2.19. The summed E-state index contributed by atoms with van der Waals surface area (Å²) in [6, 6.07) is 9.05. The molecular formula is C16H14ClF3N2O2. The van der Waals surface area contributed by atoms with Gasteiger partial charge in [0, 0.05) is 11.4 Å². The van der Waals surface area contributed by atoms with Crippen molar-refractivity contribution in [1.29, 1.82) is 0 Å². The number of carbonyl (C=O) groups excluding carboxylic acids is 1. The van der Waals surface area contributed by atoms with Crippen molar-refractivity contribution in [3.05, 3.63) is 53.1 Å². The van der Waals surface area contributed by atoms with Crippen molar-refractivity contribution in [2.75, 3.05) is 17.2 Å². The minimum atomic E-state index is -4.60. The molecule has 0 heterocycles. The van der Waals surface area contributed by atoms with Crippen molar-refractivity contribution in [3.63, 3.8) is 0 Å². The third-order valence-electron chi connectivity index (χ3n) is 2.95. The summed E-state index contributed by atoms with van der Waals surface area (Å²) in [4.78, 5) is 11.9. The predicted molar refractivity (Wildman–Crippen MR) is 86.7 cm³/mol. The van der Waals surface area contributed by atoms with Gasteiger partial charge >= 0.3 is 12.2 Å². The number of alkyl halides is 3. The Kier molecular flexibility index (Phi) is 5.56. The molecule has 2 aromatic carbocycles. The van der Waals surface area contributed by atoms with Gasteiger partial charge in [-0.2, -0.15) is 13.2 Å². The lowest BCUT2D eigenvalue weighted by molar-refractivity contribution is -0.137. The minimum absolute atomic E-state index is 0.0184. The Morgan fingerprint density at radius 1 is 1.08 bits per heavy atom. The first kappa shape index (κ1) is 17.9. The average molecular weight is 359 g/mol. The SMILES string of the molecule is CCOc1ccc(NC(=O)Nc2ccc(Cl)c(C(F)(F)F)c2)cc1. The van der Waals surface area contributed by atoms with Crippen LogP contribution >= 0.6 is 11.6 Å². The summed E-state index contributed by atoms with van der Waals surface area (Å²) in [6.45, 7) is 2.37. The van der Waals surface area contributed by atoms with Crippen molar-refractivity contribution in [3.8, 4) is 5.75 Å². The van der Waals surface area contributed by atoms with E-state index in [0.29, 0.717) is 18.0 Å². The molecule has 2 rings (SSSR count). The summed E-state index contributed by atoms with van der Waals surface area (Å²) in [6.07, 6.45) is -4.60. The molecule has 128 valence electrons. The van der Waals surface area contributed by atoms with E-state index in [1.807, 2.05) is 6.92 Å². The highest BCUT2D eigenvalue weighted by atomic mass is 35.5. The summed E-state index contributed by atoms with van der Waals surface area (Å²) in [5, 5.41) is 4.41. The molecule has 0 aromatic heterocycles. The number of anilines is 2. The normalized spacial score (nSPS) is 11.0. The number of carbonyl (C=O) groups is 1. The molecule has 24 heavy (non-hydrogen) atoms. The third-order valence-corrected chi connectivity index (χ3v) is 3.28. The second-order valence-electron chi connectivity index (χ2n) is 4.73. The van der Waals surface area contributed by atoms with Crippen molar-refractivity contribution >= 4 is 29.0 Å². The monoisotopic (exact) mass is 358 g/mol. The second-order valence-corrected chi connectivity index (χ2v) is 5.14. The molecule has 0 spiro atoms. The van der Waals surface area contributed by atoms with E-state index in [2.05, 4.69) is 10.6 Å². The van der Waals surface area contributed by atoms with Gasteiger partial charge in [-0.05, 0) is 49.4 Å². The first-order chi connectivity index (χ1) is 11.3. The number of rotatable bonds is 4. The van der Waals surface area contributed by atoms with Gasteiger partial charge in [0.1, 0.15) is 5.75 Å². The van der Waals surface area contributed by atoms with Gasteiger partial charge in [-0.25, -0.2) is 4.79 Å². The van der Waals surface area contributed by atoms with Gasteiger partial charge in [0.15, 0.2) is 0 Å². The molecule has 2 amide bonds. The van der Waals surface area contributed by atoms with Gasteiger partial charge in [-0.15, -0.1) is 0 Å². The Labute approximate surface area is 141 Å². The highest BCUT2D eigenvalue weighted by molar-refractivity contribution is 6.31. The molecule has 0 radical (unpaired) electrons. The standard InChI is InChI=1S/C16H14ClF3N2O2/c1-2-24-12-6-3-10(4-7-12)21-15(23)22-11-5-8-14(17)13(9-11)16(18,19)20/h3-9H,2H2,1H3,(H2,21,22,23). The van der Waals surface area contributed by atoms with Gasteiger partial charge < -0.3 is 15.4 Å². The predicted octanol–water partition coefficient (Wildman–Crippen LogP) is 5.40. The summed E-state index contributed by atoms with van der Waals surface area (Å²) >= 11 is 5.53. The Bertz CT molecular complexity index is 718. The number of hydrogen-bond acceptors (Lipinski definition) is 2. The van der Waals surface area contributed by atoms with Crippen LogP contribution in [0.3, 0.4) is 0 Å². The Hall–Kier alpha value is -2.41. The van der Waals surface area contributed by atoms with Crippen LogP contribution in [0, 0.1) is 0 Å². The van der Waals surface area contributed by atoms with Crippen LogP contribution in [0.5, 0.6) is 5.75 Å². The first-order valence-corrected chi connectivity index (χ1v) is 7.35. The molecule has 4 nitrogen and oxygen atoms in total. The van der Waals surface area contributed by atoms with Crippen LogP contribution in [0.1, 0.15) is 12.5 Å².